The first kappa shape index (κ1) is 18.0. The number of aryl methyl sites for hydroxylation is 2. The maximum absolute atomic E-state index is 5.48. The zero-order chi connectivity index (χ0) is 18.8. The summed E-state index contributed by atoms with van der Waals surface area (Å²) in [4.78, 5) is 9.50. The van der Waals surface area contributed by atoms with E-state index >= 15 is 0 Å². The second kappa shape index (κ2) is 7.19. The third kappa shape index (κ3) is 3.16. The molecule has 7 nitrogen and oxygen atoms in total. The Kier molecular flexibility index (Phi) is 4.97. The molecule has 0 saturated heterocycles. The van der Waals surface area contributed by atoms with E-state index in [9.17, 15) is 0 Å². The van der Waals surface area contributed by atoms with Gasteiger partial charge in [0.25, 0.3) is 0 Å². The fourth-order valence-corrected chi connectivity index (χ4v) is 2.86. The molecule has 3 aromatic rings. The van der Waals surface area contributed by atoms with Crippen LogP contribution in [0.1, 0.15) is 38.2 Å². The van der Waals surface area contributed by atoms with E-state index in [0.29, 0.717) is 11.6 Å². The minimum atomic E-state index is 0.205. The Morgan fingerprint density at radius 2 is 1.92 bits per heavy atom. The number of hydrogen-bond donors (Lipinski definition) is 1. The molecule has 0 aliphatic heterocycles. The van der Waals surface area contributed by atoms with E-state index in [1.165, 1.54) is 0 Å². The van der Waals surface area contributed by atoms with Gasteiger partial charge in [-0.05, 0) is 26.0 Å². The van der Waals surface area contributed by atoms with Gasteiger partial charge in [0.2, 0.25) is 0 Å². The third-order valence-corrected chi connectivity index (χ3v) is 4.25. The van der Waals surface area contributed by atoms with E-state index in [1.807, 2.05) is 29.8 Å². The summed E-state index contributed by atoms with van der Waals surface area (Å²) < 4.78 is 12.7. The van der Waals surface area contributed by atoms with Crippen LogP contribution in [0.5, 0.6) is 11.5 Å². The van der Waals surface area contributed by atoms with Gasteiger partial charge in [-0.15, -0.1) is 0 Å². The highest BCUT2D eigenvalue weighted by atomic mass is 16.5. The Morgan fingerprint density at radius 1 is 1.15 bits per heavy atom. The van der Waals surface area contributed by atoms with Gasteiger partial charge >= 0.3 is 0 Å². The lowest BCUT2D eigenvalue weighted by Gasteiger charge is -2.15. The number of methoxy groups -OCH3 is 2. The Balaban J connectivity index is 2.21. The van der Waals surface area contributed by atoms with Gasteiger partial charge in [-0.25, -0.2) is 9.97 Å². The Bertz CT molecular complexity index is 933. The molecule has 2 aromatic heterocycles. The average molecular weight is 355 g/mol. The van der Waals surface area contributed by atoms with Crippen molar-refractivity contribution in [2.75, 3.05) is 19.5 Å². The monoisotopic (exact) mass is 355 g/mol. The molecule has 0 radical (unpaired) electrons. The van der Waals surface area contributed by atoms with Gasteiger partial charge < -0.3 is 14.8 Å². The number of nitrogens with one attached hydrogen (secondary N) is 1. The molecule has 138 valence electrons. The van der Waals surface area contributed by atoms with Crippen LogP contribution in [-0.4, -0.2) is 34.0 Å². The molecule has 3 rings (SSSR count). The summed E-state index contributed by atoms with van der Waals surface area (Å²) in [7, 11) is 3.28. The number of hydrogen-bond acceptors (Lipinski definition) is 6. The summed E-state index contributed by atoms with van der Waals surface area (Å²) >= 11 is 0. The molecule has 0 aliphatic carbocycles. The number of rotatable bonds is 6. The molecule has 0 fully saturated rings. The van der Waals surface area contributed by atoms with E-state index in [1.54, 1.807) is 14.2 Å². The topological polar surface area (TPSA) is 74.1 Å². The van der Waals surface area contributed by atoms with Gasteiger partial charge in [0.1, 0.15) is 28.4 Å². The smallest absolute Gasteiger partial charge is 0.160 e. The van der Waals surface area contributed by atoms with Gasteiger partial charge in [-0.1, -0.05) is 13.8 Å². The maximum Gasteiger partial charge on any atom is 0.160 e. The number of ether oxygens (including phenoxy) is 2. The van der Waals surface area contributed by atoms with Crippen LogP contribution in [0.3, 0.4) is 0 Å². The molecule has 0 aliphatic rings. The van der Waals surface area contributed by atoms with Crippen LogP contribution < -0.4 is 14.8 Å². The van der Waals surface area contributed by atoms with E-state index < -0.39 is 0 Å². The fourth-order valence-electron chi connectivity index (χ4n) is 2.86. The number of aromatic nitrogens is 4. The highest BCUT2D eigenvalue weighted by Gasteiger charge is 2.18. The molecule has 1 N–H and O–H groups in total. The minimum Gasteiger partial charge on any atom is -0.497 e. The third-order valence-electron chi connectivity index (χ3n) is 4.25. The predicted octanol–water partition coefficient (Wildman–Crippen LogP) is 4.04. The van der Waals surface area contributed by atoms with Gasteiger partial charge in [-0.3, -0.25) is 4.68 Å². The zero-order valence-electron chi connectivity index (χ0n) is 16.1. The second-order valence-electron chi connectivity index (χ2n) is 6.37. The van der Waals surface area contributed by atoms with Crippen molar-refractivity contribution in [3.05, 3.63) is 29.7 Å². The standard InChI is InChI=1S/C19H25N5O2/c1-7-24-17-16(12(4)23-24)21-18(11(2)3)22-19(17)20-14-10-13(25-5)8-9-15(14)26-6/h8-11H,7H2,1-6H3,(H,20,21,22). The van der Waals surface area contributed by atoms with E-state index in [2.05, 4.69) is 31.2 Å². The summed E-state index contributed by atoms with van der Waals surface area (Å²) in [5.41, 5.74) is 3.43. The zero-order valence-corrected chi connectivity index (χ0v) is 16.1. The summed E-state index contributed by atoms with van der Waals surface area (Å²) in [5, 5.41) is 8.01. The summed E-state index contributed by atoms with van der Waals surface area (Å²) in [6.07, 6.45) is 0. The summed E-state index contributed by atoms with van der Waals surface area (Å²) in [6.45, 7) is 8.92. The second-order valence-corrected chi connectivity index (χ2v) is 6.37. The highest BCUT2D eigenvalue weighted by Crippen LogP contribution is 2.34. The largest absolute Gasteiger partial charge is 0.497 e. The lowest BCUT2D eigenvalue weighted by Crippen LogP contribution is -2.06. The number of anilines is 2. The predicted molar refractivity (Wildman–Crippen MR) is 103 cm³/mol. The Morgan fingerprint density at radius 3 is 2.54 bits per heavy atom. The quantitative estimate of drug-likeness (QED) is 0.719. The van der Waals surface area contributed by atoms with Crippen molar-refractivity contribution in [3.8, 4) is 11.5 Å². The van der Waals surface area contributed by atoms with Crippen molar-refractivity contribution < 1.29 is 9.47 Å². The molecule has 1 aromatic carbocycles. The van der Waals surface area contributed by atoms with Crippen LogP contribution in [0.15, 0.2) is 18.2 Å². The van der Waals surface area contributed by atoms with E-state index in [4.69, 9.17) is 19.4 Å². The van der Waals surface area contributed by atoms with Crippen molar-refractivity contribution in [3.63, 3.8) is 0 Å². The summed E-state index contributed by atoms with van der Waals surface area (Å²) in [6, 6.07) is 5.62. The first-order valence-electron chi connectivity index (χ1n) is 8.72. The summed E-state index contributed by atoms with van der Waals surface area (Å²) in [5.74, 6) is 3.15. The SMILES string of the molecule is CCn1nc(C)c2nc(C(C)C)nc(Nc3cc(OC)ccc3OC)c21. The van der Waals surface area contributed by atoms with Gasteiger partial charge in [0.05, 0.1) is 25.6 Å². The van der Waals surface area contributed by atoms with E-state index in [0.717, 1.165) is 40.5 Å². The average Bonchev–Trinajstić information content (AvgIpc) is 2.97. The number of fused-ring (bicyclic) bond motifs is 1. The number of nitrogens with zero attached hydrogens (tertiary/aromatic N) is 4. The van der Waals surface area contributed by atoms with Crippen LogP contribution in [0, 0.1) is 6.92 Å². The normalized spacial score (nSPS) is 11.2. The molecule has 0 unspecified atom stereocenters. The fraction of sp³-hybridized carbons (Fsp3) is 0.421. The number of benzene rings is 1. The molecular weight excluding hydrogens is 330 g/mol. The van der Waals surface area contributed by atoms with Crippen molar-refractivity contribution in [1.82, 2.24) is 19.7 Å². The van der Waals surface area contributed by atoms with E-state index in [-0.39, 0.29) is 5.92 Å². The van der Waals surface area contributed by atoms with Gasteiger partial charge in [0, 0.05) is 18.5 Å². The molecule has 0 bridgehead atoms. The lowest BCUT2D eigenvalue weighted by molar-refractivity contribution is 0.405. The van der Waals surface area contributed by atoms with Crippen LogP contribution in [0.2, 0.25) is 0 Å². The van der Waals surface area contributed by atoms with Crippen LogP contribution in [0.25, 0.3) is 11.0 Å². The molecule has 7 heteroatoms. The molecule has 2 heterocycles. The van der Waals surface area contributed by atoms with Crippen LogP contribution in [-0.2, 0) is 6.54 Å². The van der Waals surface area contributed by atoms with Gasteiger partial charge in [-0.2, -0.15) is 5.10 Å². The van der Waals surface area contributed by atoms with Crippen molar-refractivity contribution in [2.24, 2.45) is 0 Å². The van der Waals surface area contributed by atoms with Crippen molar-refractivity contribution in [1.29, 1.82) is 0 Å². The lowest BCUT2D eigenvalue weighted by atomic mass is 10.2. The molecule has 0 atom stereocenters. The van der Waals surface area contributed by atoms with Crippen molar-refractivity contribution >= 4 is 22.5 Å². The molecule has 26 heavy (non-hydrogen) atoms. The Hall–Kier alpha value is -2.83. The van der Waals surface area contributed by atoms with Crippen molar-refractivity contribution in [2.45, 2.75) is 40.2 Å². The maximum atomic E-state index is 5.48. The Labute approximate surface area is 153 Å². The minimum absolute atomic E-state index is 0.205. The van der Waals surface area contributed by atoms with Crippen LogP contribution >= 0.6 is 0 Å². The first-order valence-corrected chi connectivity index (χ1v) is 8.72. The van der Waals surface area contributed by atoms with Crippen LogP contribution in [0.4, 0.5) is 11.5 Å². The molecular formula is C19H25N5O2. The molecule has 0 amide bonds. The van der Waals surface area contributed by atoms with Gasteiger partial charge in [0.15, 0.2) is 5.82 Å². The first-order chi connectivity index (χ1) is 12.5. The molecule has 0 spiro atoms. The highest BCUT2D eigenvalue weighted by molar-refractivity contribution is 5.90. The molecule has 0 saturated carbocycles.